The molecule has 0 spiro atoms. The van der Waals surface area contributed by atoms with Crippen molar-refractivity contribution >= 4 is 22.7 Å². The van der Waals surface area contributed by atoms with E-state index in [4.69, 9.17) is 10.1 Å². The molecular weight excluding hydrogens is 252 g/mol. The van der Waals surface area contributed by atoms with Gasteiger partial charge in [0, 0.05) is 18.5 Å². The molecule has 20 heavy (non-hydrogen) atoms. The van der Waals surface area contributed by atoms with E-state index in [-0.39, 0.29) is 5.92 Å². The number of rotatable bonds is 2. The van der Waals surface area contributed by atoms with Crippen LogP contribution in [0.1, 0.15) is 17.5 Å². The molecular formula is C16H18N2O2. The lowest BCUT2D eigenvalue weighted by molar-refractivity contribution is -0.140. The van der Waals surface area contributed by atoms with Crippen LogP contribution >= 0.6 is 0 Å². The Hall–Kier alpha value is -2.10. The molecule has 1 aliphatic rings. The number of pyridine rings is 1. The van der Waals surface area contributed by atoms with E-state index in [1.807, 2.05) is 0 Å². The maximum atomic E-state index is 11.1. The van der Waals surface area contributed by atoms with Crippen LogP contribution in [0.15, 0.2) is 24.3 Å². The molecule has 0 aliphatic carbocycles. The third-order valence-electron chi connectivity index (χ3n) is 4.02. The molecule has 1 N–H and O–H groups in total. The van der Waals surface area contributed by atoms with E-state index in [0.717, 1.165) is 23.3 Å². The molecule has 0 amide bonds. The van der Waals surface area contributed by atoms with E-state index in [9.17, 15) is 4.79 Å². The highest BCUT2D eigenvalue weighted by molar-refractivity contribution is 5.84. The van der Waals surface area contributed by atoms with Gasteiger partial charge in [-0.2, -0.15) is 0 Å². The first-order valence-corrected chi connectivity index (χ1v) is 6.90. The SMILES string of the molecule is Cc1ccc2c(C)cc(N3CCC(C(=O)O)C3)nc2c1. The van der Waals surface area contributed by atoms with Gasteiger partial charge in [-0.15, -0.1) is 0 Å². The van der Waals surface area contributed by atoms with Crippen molar-refractivity contribution in [1.29, 1.82) is 0 Å². The summed E-state index contributed by atoms with van der Waals surface area (Å²) in [6, 6.07) is 8.33. The van der Waals surface area contributed by atoms with Gasteiger partial charge in [0.05, 0.1) is 11.4 Å². The molecule has 0 bridgehead atoms. The molecule has 2 heterocycles. The van der Waals surface area contributed by atoms with Gasteiger partial charge in [-0.3, -0.25) is 4.79 Å². The molecule has 1 saturated heterocycles. The molecule has 4 nitrogen and oxygen atoms in total. The highest BCUT2D eigenvalue weighted by atomic mass is 16.4. The number of aryl methyl sites for hydroxylation is 2. The fraction of sp³-hybridized carbons (Fsp3) is 0.375. The van der Waals surface area contributed by atoms with Crippen LogP contribution in [0.4, 0.5) is 5.82 Å². The first-order valence-electron chi connectivity index (χ1n) is 6.90. The Morgan fingerprint density at radius 1 is 1.35 bits per heavy atom. The largest absolute Gasteiger partial charge is 0.481 e. The number of anilines is 1. The van der Waals surface area contributed by atoms with Gasteiger partial charge in [0.1, 0.15) is 5.82 Å². The molecule has 1 aromatic carbocycles. The number of carboxylic acids is 1. The molecule has 0 radical (unpaired) electrons. The molecule has 104 valence electrons. The molecule has 1 fully saturated rings. The summed E-state index contributed by atoms with van der Waals surface area (Å²) in [5.74, 6) is -0.0875. The van der Waals surface area contributed by atoms with E-state index in [1.54, 1.807) is 0 Å². The lowest BCUT2D eigenvalue weighted by Crippen LogP contribution is -2.23. The summed E-state index contributed by atoms with van der Waals surface area (Å²) in [7, 11) is 0. The number of aliphatic carboxylic acids is 1. The zero-order valence-electron chi connectivity index (χ0n) is 11.8. The Labute approximate surface area is 118 Å². The minimum atomic E-state index is -0.708. The van der Waals surface area contributed by atoms with E-state index in [1.165, 1.54) is 11.1 Å². The highest BCUT2D eigenvalue weighted by Crippen LogP contribution is 2.27. The first-order chi connectivity index (χ1) is 9.54. The molecule has 4 heteroatoms. The predicted molar refractivity (Wildman–Crippen MR) is 79.2 cm³/mol. The molecule has 0 saturated carbocycles. The van der Waals surface area contributed by atoms with Crippen LogP contribution in [0.2, 0.25) is 0 Å². The lowest BCUT2D eigenvalue weighted by atomic mass is 10.1. The average Bonchev–Trinajstić information content (AvgIpc) is 2.87. The van der Waals surface area contributed by atoms with Crippen LogP contribution in [0, 0.1) is 19.8 Å². The van der Waals surface area contributed by atoms with Crippen LogP contribution in [0.5, 0.6) is 0 Å². The van der Waals surface area contributed by atoms with Crippen molar-refractivity contribution in [3.63, 3.8) is 0 Å². The smallest absolute Gasteiger partial charge is 0.308 e. The fourth-order valence-electron chi connectivity index (χ4n) is 2.83. The van der Waals surface area contributed by atoms with Crippen molar-refractivity contribution in [2.45, 2.75) is 20.3 Å². The number of fused-ring (bicyclic) bond motifs is 1. The Morgan fingerprint density at radius 3 is 2.85 bits per heavy atom. The van der Waals surface area contributed by atoms with Crippen molar-refractivity contribution in [3.8, 4) is 0 Å². The topological polar surface area (TPSA) is 53.4 Å². The maximum absolute atomic E-state index is 11.1. The average molecular weight is 270 g/mol. The van der Waals surface area contributed by atoms with Gasteiger partial charge in [-0.05, 0) is 43.5 Å². The van der Waals surface area contributed by atoms with Crippen LogP contribution in [0.3, 0.4) is 0 Å². The third kappa shape index (κ3) is 2.22. The minimum absolute atomic E-state index is 0.273. The van der Waals surface area contributed by atoms with Crippen LogP contribution < -0.4 is 4.90 Å². The second-order valence-corrected chi connectivity index (χ2v) is 5.59. The van der Waals surface area contributed by atoms with Gasteiger partial charge in [0.15, 0.2) is 0 Å². The summed E-state index contributed by atoms with van der Waals surface area (Å²) < 4.78 is 0. The standard InChI is InChI=1S/C16H18N2O2/c1-10-3-4-13-11(2)8-15(17-14(13)7-10)18-6-5-12(9-18)16(19)20/h3-4,7-8,12H,5-6,9H2,1-2H3,(H,19,20). The predicted octanol–water partition coefficient (Wildman–Crippen LogP) is 2.76. The molecule has 1 atom stereocenters. The van der Waals surface area contributed by atoms with Crippen LogP contribution in [0.25, 0.3) is 10.9 Å². The Morgan fingerprint density at radius 2 is 2.15 bits per heavy atom. The second-order valence-electron chi connectivity index (χ2n) is 5.59. The van der Waals surface area contributed by atoms with Gasteiger partial charge < -0.3 is 10.0 Å². The van der Waals surface area contributed by atoms with Crippen molar-refractivity contribution < 1.29 is 9.90 Å². The van der Waals surface area contributed by atoms with Gasteiger partial charge in [0.2, 0.25) is 0 Å². The number of carbonyl (C=O) groups is 1. The fourth-order valence-corrected chi connectivity index (χ4v) is 2.83. The maximum Gasteiger partial charge on any atom is 0.308 e. The van der Waals surface area contributed by atoms with Gasteiger partial charge >= 0.3 is 5.97 Å². The summed E-state index contributed by atoms with van der Waals surface area (Å²) in [5, 5.41) is 10.3. The Bertz CT molecular complexity index is 681. The zero-order valence-corrected chi connectivity index (χ0v) is 11.8. The first kappa shape index (κ1) is 12.9. The van der Waals surface area contributed by atoms with Crippen molar-refractivity contribution in [3.05, 3.63) is 35.4 Å². The minimum Gasteiger partial charge on any atom is -0.481 e. The number of carboxylic acid groups (broad SMARTS) is 1. The summed E-state index contributed by atoms with van der Waals surface area (Å²) in [6.45, 7) is 5.45. The zero-order chi connectivity index (χ0) is 14.3. The van der Waals surface area contributed by atoms with Crippen molar-refractivity contribution in [2.24, 2.45) is 5.92 Å². The summed E-state index contributed by atoms with van der Waals surface area (Å²) in [5.41, 5.74) is 3.36. The number of hydrogen-bond acceptors (Lipinski definition) is 3. The number of nitrogens with zero attached hydrogens (tertiary/aromatic N) is 2. The monoisotopic (exact) mass is 270 g/mol. The van der Waals surface area contributed by atoms with Gasteiger partial charge in [-0.25, -0.2) is 4.98 Å². The number of benzene rings is 1. The van der Waals surface area contributed by atoms with Gasteiger partial charge in [-0.1, -0.05) is 12.1 Å². The molecule has 2 aromatic rings. The molecule has 1 aromatic heterocycles. The Kier molecular flexibility index (Phi) is 3.08. The van der Waals surface area contributed by atoms with Crippen molar-refractivity contribution in [1.82, 2.24) is 4.98 Å². The van der Waals surface area contributed by atoms with E-state index in [2.05, 4.69) is 43.0 Å². The van der Waals surface area contributed by atoms with Gasteiger partial charge in [0.25, 0.3) is 0 Å². The summed E-state index contributed by atoms with van der Waals surface area (Å²) in [4.78, 5) is 17.8. The molecule has 1 unspecified atom stereocenters. The van der Waals surface area contributed by atoms with Crippen LogP contribution in [-0.4, -0.2) is 29.1 Å². The summed E-state index contributed by atoms with van der Waals surface area (Å²) >= 11 is 0. The Balaban J connectivity index is 1.98. The quantitative estimate of drug-likeness (QED) is 0.911. The molecule has 1 aliphatic heterocycles. The highest BCUT2D eigenvalue weighted by Gasteiger charge is 2.28. The molecule has 3 rings (SSSR count). The van der Waals surface area contributed by atoms with E-state index < -0.39 is 5.97 Å². The van der Waals surface area contributed by atoms with Crippen molar-refractivity contribution in [2.75, 3.05) is 18.0 Å². The number of hydrogen-bond donors (Lipinski definition) is 1. The van der Waals surface area contributed by atoms with Crippen LogP contribution in [-0.2, 0) is 4.79 Å². The third-order valence-corrected chi connectivity index (χ3v) is 4.02. The lowest BCUT2D eigenvalue weighted by Gasteiger charge is -2.18. The van der Waals surface area contributed by atoms with E-state index in [0.29, 0.717) is 13.0 Å². The summed E-state index contributed by atoms with van der Waals surface area (Å²) in [6.07, 6.45) is 0.696. The number of aromatic nitrogens is 1. The normalized spacial score (nSPS) is 18.7. The van der Waals surface area contributed by atoms with E-state index >= 15 is 0 Å². The second kappa shape index (κ2) is 4.78.